The topological polar surface area (TPSA) is 80.4 Å². The second-order valence-corrected chi connectivity index (χ2v) is 6.94. The molecule has 1 aliphatic rings. The maximum atomic E-state index is 12.5. The van der Waals surface area contributed by atoms with Crippen molar-refractivity contribution in [2.45, 2.75) is 33.4 Å². The van der Waals surface area contributed by atoms with Gasteiger partial charge in [-0.3, -0.25) is 14.5 Å². The van der Waals surface area contributed by atoms with Crippen LogP contribution in [0.5, 0.6) is 0 Å². The summed E-state index contributed by atoms with van der Waals surface area (Å²) < 4.78 is 7.25. The predicted molar refractivity (Wildman–Crippen MR) is 105 cm³/mol. The highest BCUT2D eigenvalue weighted by Crippen LogP contribution is 2.29. The molecule has 1 aromatic carbocycles. The molecular weight excluding hydrogens is 356 g/mol. The van der Waals surface area contributed by atoms with Gasteiger partial charge in [0, 0.05) is 18.1 Å². The Hall–Kier alpha value is -3.35. The number of aromatic nitrogens is 2. The first kappa shape index (κ1) is 18.0. The van der Waals surface area contributed by atoms with Crippen LogP contribution in [0.4, 0.5) is 5.82 Å². The summed E-state index contributed by atoms with van der Waals surface area (Å²) in [5, 5.41) is 7.45. The van der Waals surface area contributed by atoms with Crippen molar-refractivity contribution in [3.05, 3.63) is 59.5 Å². The lowest BCUT2D eigenvalue weighted by Crippen LogP contribution is -2.44. The number of furan rings is 1. The molecule has 1 aliphatic heterocycles. The lowest BCUT2D eigenvalue weighted by atomic mass is 10.1. The van der Waals surface area contributed by atoms with E-state index in [9.17, 15) is 9.59 Å². The summed E-state index contributed by atoms with van der Waals surface area (Å²) in [6.45, 7) is 4.65. The van der Waals surface area contributed by atoms with Crippen LogP contribution in [0.2, 0.25) is 0 Å². The number of carbonyl (C=O) groups is 2. The minimum atomic E-state index is -0.241. The third-order valence-corrected chi connectivity index (χ3v) is 4.85. The molecule has 1 N–H and O–H groups in total. The fraction of sp³-hybridized carbons (Fsp3) is 0.286. The first-order valence-corrected chi connectivity index (χ1v) is 9.27. The van der Waals surface area contributed by atoms with E-state index < -0.39 is 0 Å². The van der Waals surface area contributed by atoms with Gasteiger partial charge in [-0.15, -0.1) is 0 Å². The van der Waals surface area contributed by atoms with E-state index in [4.69, 9.17) is 4.42 Å². The Morgan fingerprint density at radius 1 is 1.21 bits per heavy atom. The number of fused-ring (bicyclic) bond motifs is 1. The zero-order valence-corrected chi connectivity index (χ0v) is 15.9. The number of rotatable bonds is 5. The van der Waals surface area contributed by atoms with Gasteiger partial charge in [0.15, 0.2) is 0 Å². The SMILES string of the molecule is Cc1ccc(CNC(=O)CN2C(=O)CCn3nc(-c4ccccc4C)cc32)o1. The summed E-state index contributed by atoms with van der Waals surface area (Å²) in [6, 6.07) is 13.5. The van der Waals surface area contributed by atoms with Gasteiger partial charge in [-0.1, -0.05) is 24.3 Å². The Kier molecular flexibility index (Phi) is 4.73. The highest BCUT2D eigenvalue weighted by atomic mass is 16.3. The van der Waals surface area contributed by atoms with Crippen molar-refractivity contribution in [1.82, 2.24) is 15.1 Å². The van der Waals surface area contributed by atoms with E-state index in [-0.39, 0.29) is 18.4 Å². The smallest absolute Gasteiger partial charge is 0.240 e. The van der Waals surface area contributed by atoms with E-state index in [1.807, 2.05) is 56.3 Å². The highest BCUT2D eigenvalue weighted by Gasteiger charge is 2.28. The molecule has 0 saturated heterocycles. The zero-order valence-electron chi connectivity index (χ0n) is 15.9. The number of nitrogens with zero attached hydrogens (tertiary/aromatic N) is 3. The van der Waals surface area contributed by atoms with Gasteiger partial charge in [-0.05, 0) is 31.5 Å². The highest BCUT2D eigenvalue weighted by molar-refractivity contribution is 5.99. The Labute approximate surface area is 162 Å². The van der Waals surface area contributed by atoms with Gasteiger partial charge in [0.2, 0.25) is 11.8 Å². The minimum Gasteiger partial charge on any atom is -0.465 e. The number of aryl methyl sites for hydroxylation is 3. The van der Waals surface area contributed by atoms with Crippen LogP contribution in [-0.2, 0) is 22.7 Å². The Morgan fingerprint density at radius 3 is 2.79 bits per heavy atom. The van der Waals surface area contributed by atoms with Gasteiger partial charge in [-0.25, -0.2) is 4.68 Å². The molecule has 4 rings (SSSR count). The van der Waals surface area contributed by atoms with Crippen LogP contribution in [-0.4, -0.2) is 28.1 Å². The zero-order chi connectivity index (χ0) is 19.7. The van der Waals surface area contributed by atoms with Crippen molar-refractivity contribution in [2.75, 3.05) is 11.4 Å². The van der Waals surface area contributed by atoms with E-state index >= 15 is 0 Å². The van der Waals surface area contributed by atoms with Gasteiger partial charge >= 0.3 is 0 Å². The van der Waals surface area contributed by atoms with Gasteiger partial charge < -0.3 is 9.73 Å². The average molecular weight is 378 g/mol. The summed E-state index contributed by atoms with van der Waals surface area (Å²) in [4.78, 5) is 26.4. The van der Waals surface area contributed by atoms with Crippen molar-refractivity contribution in [3.8, 4) is 11.3 Å². The molecule has 3 aromatic rings. The van der Waals surface area contributed by atoms with Gasteiger partial charge in [0.25, 0.3) is 0 Å². The molecule has 144 valence electrons. The molecule has 28 heavy (non-hydrogen) atoms. The predicted octanol–water partition coefficient (Wildman–Crippen LogP) is 2.81. The molecular formula is C21H22N4O3. The molecule has 0 spiro atoms. The first-order chi connectivity index (χ1) is 13.5. The molecule has 2 aromatic heterocycles. The molecule has 7 heteroatoms. The van der Waals surface area contributed by atoms with Crippen molar-refractivity contribution in [2.24, 2.45) is 0 Å². The summed E-state index contributed by atoms with van der Waals surface area (Å²) in [6.07, 6.45) is 0.326. The number of nitrogens with one attached hydrogen (secondary N) is 1. The van der Waals surface area contributed by atoms with Crippen LogP contribution >= 0.6 is 0 Å². The third-order valence-electron chi connectivity index (χ3n) is 4.85. The van der Waals surface area contributed by atoms with Crippen molar-refractivity contribution >= 4 is 17.6 Å². The van der Waals surface area contributed by atoms with Crippen LogP contribution in [0.3, 0.4) is 0 Å². The Bertz CT molecular complexity index is 1030. The maximum Gasteiger partial charge on any atom is 0.240 e. The number of amides is 2. The monoisotopic (exact) mass is 378 g/mol. The maximum absolute atomic E-state index is 12.5. The number of anilines is 1. The second kappa shape index (κ2) is 7.34. The van der Waals surface area contributed by atoms with Crippen molar-refractivity contribution < 1.29 is 14.0 Å². The lowest BCUT2D eigenvalue weighted by molar-refractivity contribution is -0.124. The summed E-state index contributed by atoms with van der Waals surface area (Å²) >= 11 is 0. The number of benzene rings is 1. The first-order valence-electron chi connectivity index (χ1n) is 9.27. The van der Waals surface area contributed by atoms with Crippen LogP contribution in [0.1, 0.15) is 23.5 Å². The standard InChI is InChI=1S/C21H22N4O3/c1-14-5-3-4-6-17(14)18-11-20-24(21(27)9-10-25(20)23-18)13-19(26)22-12-16-8-7-15(2)28-16/h3-8,11H,9-10,12-13H2,1-2H3,(H,22,26). The molecule has 0 aliphatic carbocycles. The normalized spacial score (nSPS) is 13.5. The van der Waals surface area contributed by atoms with Gasteiger partial charge in [-0.2, -0.15) is 5.10 Å². The van der Waals surface area contributed by atoms with Crippen LogP contribution < -0.4 is 10.2 Å². The Balaban J connectivity index is 1.51. The molecule has 0 bridgehead atoms. The molecule has 0 radical (unpaired) electrons. The molecule has 3 heterocycles. The van der Waals surface area contributed by atoms with E-state index in [2.05, 4.69) is 10.4 Å². The molecule has 0 saturated carbocycles. The summed E-state index contributed by atoms with van der Waals surface area (Å²) in [5.41, 5.74) is 2.94. The number of hydrogen-bond donors (Lipinski definition) is 1. The second-order valence-electron chi connectivity index (χ2n) is 6.94. The van der Waals surface area contributed by atoms with E-state index in [1.54, 1.807) is 4.68 Å². The van der Waals surface area contributed by atoms with Crippen LogP contribution in [0.15, 0.2) is 46.9 Å². The lowest BCUT2D eigenvalue weighted by Gasteiger charge is -2.26. The molecule has 2 amide bonds. The quantitative estimate of drug-likeness (QED) is 0.740. The molecule has 7 nitrogen and oxygen atoms in total. The van der Waals surface area contributed by atoms with Crippen LogP contribution in [0.25, 0.3) is 11.3 Å². The fourth-order valence-corrected chi connectivity index (χ4v) is 3.38. The van der Waals surface area contributed by atoms with Crippen LogP contribution in [0, 0.1) is 13.8 Å². The largest absolute Gasteiger partial charge is 0.465 e. The van der Waals surface area contributed by atoms with Crippen molar-refractivity contribution in [1.29, 1.82) is 0 Å². The van der Waals surface area contributed by atoms with E-state index in [1.165, 1.54) is 4.90 Å². The van der Waals surface area contributed by atoms with E-state index in [0.717, 1.165) is 22.6 Å². The summed E-state index contributed by atoms with van der Waals surface area (Å²) in [7, 11) is 0. The summed E-state index contributed by atoms with van der Waals surface area (Å²) in [5.74, 6) is 1.81. The molecule has 0 unspecified atom stereocenters. The third kappa shape index (κ3) is 3.55. The minimum absolute atomic E-state index is 0.0442. The fourth-order valence-electron chi connectivity index (χ4n) is 3.38. The van der Waals surface area contributed by atoms with E-state index in [0.29, 0.717) is 31.1 Å². The van der Waals surface area contributed by atoms with Gasteiger partial charge in [0.1, 0.15) is 23.9 Å². The van der Waals surface area contributed by atoms with Crippen molar-refractivity contribution in [3.63, 3.8) is 0 Å². The Morgan fingerprint density at radius 2 is 2.04 bits per heavy atom. The molecule has 0 atom stereocenters. The average Bonchev–Trinajstić information content (AvgIpc) is 3.29. The van der Waals surface area contributed by atoms with Gasteiger partial charge in [0.05, 0.1) is 18.8 Å². The number of hydrogen-bond acceptors (Lipinski definition) is 4. The number of carbonyl (C=O) groups excluding carboxylic acids is 2. The molecule has 0 fully saturated rings.